The molecule has 3 fully saturated rings. The highest BCUT2D eigenvalue weighted by atomic mass is 31.2. The summed E-state index contributed by atoms with van der Waals surface area (Å²) in [6.45, 7) is 8.72. The number of unbranched alkanes of at least 4 members (excludes halogenated alkanes) is 2. The van der Waals surface area contributed by atoms with Crippen molar-refractivity contribution in [2.75, 3.05) is 0 Å². The lowest BCUT2D eigenvalue weighted by atomic mass is 9.58. The molecule has 4 aliphatic carbocycles. The number of rotatable bonds is 8. The van der Waals surface area contributed by atoms with E-state index in [0.29, 0.717) is 50.2 Å². The van der Waals surface area contributed by atoms with Gasteiger partial charge in [0.2, 0.25) is 0 Å². The van der Waals surface area contributed by atoms with Gasteiger partial charge in [-0.15, -0.1) is 0 Å². The number of ether oxygens (including phenoxy) is 2. The van der Waals surface area contributed by atoms with E-state index >= 15 is 0 Å². The van der Waals surface area contributed by atoms with E-state index in [4.69, 9.17) is 14.0 Å². The van der Waals surface area contributed by atoms with Gasteiger partial charge in [0.1, 0.15) is 17.1 Å². The fourth-order valence-corrected chi connectivity index (χ4v) is 8.24. The van der Waals surface area contributed by atoms with Gasteiger partial charge in [0, 0.05) is 17.4 Å². The van der Waals surface area contributed by atoms with Crippen molar-refractivity contribution < 1.29 is 33.1 Å². The highest BCUT2D eigenvalue weighted by molar-refractivity contribution is 7.46. The van der Waals surface area contributed by atoms with Crippen molar-refractivity contribution in [3.63, 3.8) is 0 Å². The van der Waals surface area contributed by atoms with Gasteiger partial charge in [-0.3, -0.25) is 9.32 Å². The first-order chi connectivity index (χ1) is 17.9. The Labute approximate surface area is 238 Å². The summed E-state index contributed by atoms with van der Waals surface area (Å²) in [6, 6.07) is 4.24. The van der Waals surface area contributed by atoms with Gasteiger partial charge in [-0.25, -0.2) is 4.57 Å². The molecule has 10 heteroatoms. The fourth-order valence-electron chi connectivity index (χ4n) is 7.46. The molecule has 5 aliphatic rings. The smallest absolute Gasteiger partial charge is 0.470 e. The molecule has 3 saturated carbocycles. The van der Waals surface area contributed by atoms with Crippen LogP contribution in [-0.2, 0) is 20.3 Å². The zero-order valence-corrected chi connectivity index (χ0v) is 25.6. The standard InChI is InChI=1S/C30H43O7P.2H3N/c1-5-6-7-8-21-18-24(26-22-17-20(2)9-10-23(22)28(3,4)36-25(26)19-21)35-27(31)29-11-14-30(15-12-29,16-13-29)37-38(32,33)34;;/h9,18-19,22-23H,5-8,10-17H2,1-4H3,(H2,32,33,34);2*1H3/t22-,23-,29?,30?;;/m1../s1. The normalized spacial score (nSPS) is 30.0. The summed E-state index contributed by atoms with van der Waals surface area (Å²) in [5.74, 6) is 1.80. The van der Waals surface area contributed by atoms with Crippen molar-refractivity contribution in [2.24, 2.45) is 11.3 Å². The topological polar surface area (TPSA) is 172 Å². The van der Waals surface area contributed by atoms with Crippen LogP contribution in [0.3, 0.4) is 0 Å². The number of benzene rings is 1. The number of hydrogen-bond acceptors (Lipinski definition) is 7. The average Bonchev–Trinajstić information content (AvgIpc) is 2.83. The summed E-state index contributed by atoms with van der Waals surface area (Å²) in [6.07, 6.45) is 11.4. The fraction of sp³-hybridized carbons (Fsp3) is 0.700. The van der Waals surface area contributed by atoms with Crippen LogP contribution in [0.4, 0.5) is 0 Å². The highest BCUT2D eigenvalue weighted by Crippen LogP contribution is 2.60. The second-order valence-corrected chi connectivity index (χ2v) is 14.0. The second kappa shape index (κ2) is 11.9. The molecule has 6 rings (SSSR count). The molecule has 0 radical (unpaired) electrons. The minimum atomic E-state index is -4.59. The van der Waals surface area contributed by atoms with Gasteiger partial charge in [-0.1, -0.05) is 31.4 Å². The van der Waals surface area contributed by atoms with Crippen LogP contribution in [-0.4, -0.2) is 27.0 Å². The number of allylic oxidation sites excluding steroid dienone is 2. The van der Waals surface area contributed by atoms with E-state index in [9.17, 15) is 19.1 Å². The van der Waals surface area contributed by atoms with Gasteiger partial charge in [0.15, 0.2) is 0 Å². The highest BCUT2D eigenvalue weighted by Gasteiger charge is 2.56. The Morgan fingerprint density at radius 1 is 1.07 bits per heavy atom. The number of phosphoric acid groups is 1. The maximum atomic E-state index is 13.9. The minimum absolute atomic E-state index is 0. The van der Waals surface area contributed by atoms with Crippen molar-refractivity contribution in [1.82, 2.24) is 12.3 Å². The Morgan fingerprint density at radius 3 is 2.33 bits per heavy atom. The summed E-state index contributed by atoms with van der Waals surface area (Å²) < 4.78 is 29.8. The summed E-state index contributed by atoms with van der Waals surface area (Å²) in [7, 11) is -4.59. The van der Waals surface area contributed by atoms with Crippen LogP contribution in [0.2, 0.25) is 0 Å². The van der Waals surface area contributed by atoms with Gasteiger partial charge in [-0.2, -0.15) is 0 Å². The molecule has 0 spiro atoms. The molecular weight excluding hydrogens is 531 g/mol. The second-order valence-electron chi connectivity index (χ2n) is 12.8. The predicted octanol–water partition coefficient (Wildman–Crippen LogP) is 7.46. The van der Waals surface area contributed by atoms with Crippen LogP contribution >= 0.6 is 7.82 Å². The first-order valence-corrected chi connectivity index (χ1v) is 15.9. The van der Waals surface area contributed by atoms with Crippen LogP contribution in [0.1, 0.15) is 115 Å². The van der Waals surface area contributed by atoms with Gasteiger partial charge in [-0.05, 0) is 103 Å². The zero-order chi connectivity index (χ0) is 27.3. The maximum Gasteiger partial charge on any atom is 0.470 e. The van der Waals surface area contributed by atoms with Crippen LogP contribution in [0, 0.1) is 11.3 Å². The molecule has 2 bridgehead atoms. The Kier molecular flexibility index (Phi) is 9.72. The van der Waals surface area contributed by atoms with Gasteiger partial charge in [0.25, 0.3) is 0 Å². The lowest BCUT2D eigenvalue weighted by Gasteiger charge is -2.51. The van der Waals surface area contributed by atoms with E-state index in [2.05, 4.69) is 45.9 Å². The number of phosphoric ester groups is 1. The molecule has 2 atom stereocenters. The van der Waals surface area contributed by atoms with Crippen molar-refractivity contribution in [2.45, 2.75) is 122 Å². The minimum Gasteiger partial charge on any atom is -0.487 e. The molecule has 1 aromatic rings. The lowest BCUT2D eigenvalue weighted by molar-refractivity contribution is -0.160. The van der Waals surface area contributed by atoms with Crippen molar-refractivity contribution in [3.8, 4) is 11.5 Å². The average molecular weight is 581 g/mol. The SMILES string of the molecule is CCCCCc1cc(OC(=O)C23CCC(OP(=O)(O)O)(CC2)CC3)c2c(c1)OC(C)(C)[C@@H]1CC=C(C)C[C@@H]21.N.N. The quantitative estimate of drug-likeness (QED) is 0.0800. The number of carbonyl (C=O) groups is 1. The summed E-state index contributed by atoms with van der Waals surface area (Å²) in [5, 5.41) is 0. The van der Waals surface area contributed by atoms with E-state index in [-0.39, 0.29) is 29.8 Å². The molecule has 0 amide bonds. The maximum absolute atomic E-state index is 13.9. The van der Waals surface area contributed by atoms with E-state index in [0.717, 1.165) is 55.4 Å². The largest absolute Gasteiger partial charge is 0.487 e. The van der Waals surface area contributed by atoms with Crippen LogP contribution in [0.5, 0.6) is 11.5 Å². The molecule has 0 aromatic heterocycles. The molecular formula is C30H49N2O7P. The number of hydrogen-bond donors (Lipinski definition) is 4. The number of esters is 1. The molecule has 0 saturated heterocycles. The molecule has 1 aromatic carbocycles. The van der Waals surface area contributed by atoms with Crippen LogP contribution in [0.25, 0.3) is 0 Å². The molecule has 1 heterocycles. The van der Waals surface area contributed by atoms with Gasteiger partial charge in [0.05, 0.1) is 11.0 Å². The first kappa shape index (κ1) is 32.8. The number of fused-ring (bicyclic) bond motifs is 6. The van der Waals surface area contributed by atoms with Crippen molar-refractivity contribution in [1.29, 1.82) is 0 Å². The van der Waals surface area contributed by atoms with Crippen molar-refractivity contribution >= 4 is 13.8 Å². The van der Waals surface area contributed by atoms with Crippen molar-refractivity contribution in [3.05, 3.63) is 34.9 Å². The third-order valence-corrected chi connectivity index (χ3v) is 10.4. The third kappa shape index (κ3) is 6.35. The third-order valence-electron chi connectivity index (χ3n) is 9.74. The Balaban J connectivity index is 0.00000220. The lowest BCUT2D eigenvalue weighted by Crippen LogP contribution is -2.51. The Hall–Kier alpha value is -1.74. The van der Waals surface area contributed by atoms with Gasteiger partial charge < -0.3 is 31.6 Å². The van der Waals surface area contributed by atoms with Crippen LogP contribution < -0.4 is 21.8 Å². The van der Waals surface area contributed by atoms with E-state index < -0.39 is 18.8 Å². The van der Waals surface area contributed by atoms with Crippen LogP contribution in [0.15, 0.2) is 23.8 Å². The molecule has 226 valence electrons. The number of aryl methyl sites for hydroxylation is 1. The van der Waals surface area contributed by atoms with E-state index in [1.54, 1.807) is 0 Å². The summed E-state index contributed by atoms with van der Waals surface area (Å²) in [4.78, 5) is 32.7. The van der Waals surface area contributed by atoms with Gasteiger partial charge >= 0.3 is 13.8 Å². The Bertz CT molecular complexity index is 1150. The summed E-state index contributed by atoms with van der Waals surface area (Å²) >= 11 is 0. The molecule has 8 N–H and O–H groups in total. The predicted molar refractivity (Wildman–Crippen MR) is 155 cm³/mol. The molecule has 9 nitrogen and oxygen atoms in total. The number of carbonyl (C=O) groups excluding carboxylic acids is 1. The van der Waals surface area contributed by atoms with E-state index in [1.165, 1.54) is 5.57 Å². The van der Waals surface area contributed by atoms with E-state index in [1.807, 2.05) is 0 Å². The molecule has 40 heavy (non-hydrogen) atoms. The molecule has 0 unspecified atom stereocenters. The zero-order valence-electron chi connectivity index (χ0n) is 24.7. The Morgan fingerprint density at radius 2 is 1.73 bits per heavy atom. The summed E-state index contributed by atoms with van der Waals surface area (Å²) in [5.41, 5.74) is 1.73. The monoisotopic (exact) mass is 580 g/mol. The molecule has 1 aliphatic heterocycles. The first-order valence-electron chi connectivity index (χ1n) is 14.4.